The number of allylic oxidation sites excluding steroid dienone is 2. The van der Waals surface area contributed by atoms with Gasteiger partial charge in [-0.25, -0.2) is 9.59 Å². The Morgan fingerprint density at radius 2 is 1.85 bits per heavy atom. The summed E-state index contributed by atoms with van der Waals surface area (Å²) in [6.07, 6.45) is 4.14. The lowest BCUT2D eigenvalue weighted by Gasteiger charge is -2.41. The molecule has 1 saturated carbocycles. The molecule has 0 unspecified atom stereocenters. The molecule has 3 rings (SSSR count). The molecule has 1 aromatic rings. The molecule has 1 heterocycles. The van der Waals surface area contributed by atoms with Crippen molar-refractivity contribution >= 4 is 23.7 Å². The van der Waals surface area contributed by atoms with Crippen LogP contribution in [0.25, 0.3) is 0 Å². The Kier molecular flexibility index (Phi) is 10.1. The minimum absolute atomic E-state index is 0.00568. The van der Waals surface area contributed by atoms with E-state index in [1.807, 2.05) is 64.6 Å². The molecule has 1 aliphatic heterocycles. The third kappa shape index (κ3) is 7.90. The summed E-state index contributed by atoms with van der Waals surface area (Å²) in [4.78, 5) is 40.2. The number of benzene rings is 1. The molecular weight excluding hydrogens is 508 g/mol. The summed E-state index contributed by atoms with van der Waals surface area (Å²) in [5, 5.41) is 8.85. The molecule has 0 atom stereocenters. The van der Waals surface area contributed by atoms with Gasteiger partial charge in [0.2, 0.25) is 5.91 Å². The van der Waals surface area contributed by atoms with Gasteiger partial charge >= 0.3 is 12.1 Å². The van der Waals surface area contributed by atoms with Crippen LogP contribution in [-0.2, 0) is 9.53 Å². The van der Waals surface area contributed by atoms with Gasteiger partial charge in [-0.2, -0.15) is 0 Å². The number of urea groups is 1. The molecule has 218 valence electrons. The van der Waals surface area contributed by atoms with Crippen LogP contribution in [0.3, 0.4) is 0 Å². The first kappa shape index (κ1) is 30.8. The molecule has 0 aromatic heterocycles. The molecule has 0 spiro atoms. The molecule has 0 bridgehead atoms. The van der Waals surface area contributed by atoms with Gasteiger partial charge in [0, 0.05) is 36.0 Å². The van der Waals surface area contributed by atoms with Crippen molar-refractivity contribution in [1.29, 1.82) is 0 Å². The minimum Gasteiger partial charge on any atom is -0.496 e. The number of alkyl carbamates (subject to hydrolysis) is 1. The summed E-state index contributed by atoms with van der Waals surface area (Å²) in [6.45, 7) is 15.8. The molecule has 0 radical (unpaired) electrons. The number of nitrogens with one attached hydrogen (secondary N) is 3. The van der Waals surface area contributed by atoms with E-state index in [9.17, 15) is 14.4 Å². The zero-order valence-corrected chi connectivity index (χ0v) is 24.9. The van der Waals surface area contributed by atoms with Gasteiger partial charge < -0.3 is 30.3 Å². The second kappa shape index (κ2) is 13.1. The normalized spacial score (nSPS) is 22.1. The van der Waals surface area contributed by atoms with E-state index in [1.165, 1.54) is 0 Å². The molecule has 2 aliphatic rings. The molecule has 4 amide bonds. The molecule has 1 aromatic carbocycles. The maximum Gasteiger partial charge on any atom is 0.407 e. The summed E-state index contributed by atoms with van der Waals surface area (Å²) in [5.41, 5.74) is 4.58. The lowest BCUT2D eigenvalue weighted by molar-refractivity contribution is -0.121. The van der Waals surface area contributed by atoms with Gasteiger partial charge in [-0.05, 0) is 95.6 Å². The lowest BCUT2D eigenvalue weighted by atomic mass is 9.84. The second-order valence-electron chi connectivity index (χ2n) is 11.6. The zero-order chi connectivity index (χ0) is 29.6. The van der Waals surface area contributed by atoms with Gasteiger partial charge in [0.1, 0.15) is 11.4 Å². The van der Waals surface area contributed by atoms with Gasteiger partial charge in [-0.15, -0.1) is 0 Å². The van der Waals surface area contributed by atoms with Crippen molar-refractivity contribution in [1.82, 2.24) is 15.5 Å². The summed E-state index contributed by atoms with van der Waals surface area (Å²) in [7, 11) is 1.62. The number of methoxy groups -OCH3 is 1. The number of carbonyl (C=O) groups is 3. The highest BCUT2D eigenvalue weighted by Gasteiger charge is 2.36. The molecule has 9 nitrogen and oxygen atoms in total. The van der Waals surface area contributed by atoms with Crippen molar-refractivity contribution in [2.24, 2.45) is 5.92 Å². The summed E-state index contributed by atoms with van der Waals surface area (Å²) < 4.78 is 10.7. The lowest BCUT2D eigenvalue weighted by Crippen LogP contribution is -2.53. The van der Waals surface area contributed by atoms with Crippen molar-refractivity contribution in [3.05, 3.63) is 58.8 Å². The van der Waals surface area contributed by atoms with E-state index in [0.717, 1.165) is 46.6 Å². The number of hydrogen-bond donors (Lipinski definition) is 3. The quantitative estimate of drug-likeness (QED) is 0.395. The highest BCUT2D eigenvalue weighted by molar-refractivity contribution is 5.93. The molecular formula is C31H44N4O5. The van der Waals surface area contributed by atoms with Crippen LogP contribution >= 0.6 is 0 Å². The van der Waals surface area contributed by atoms with E-state index < -0.39 is 11.7 Å². The fourth-order valence-electron chi connectivity index (χ4n) is 5.08. The van der Waals surface area contributed by atoms with E-state index in [-0.39, 0.29) is 30.4 Å². The van der Waals surface area contributed by atoms with E-state index in [1.54, 1.807) is 13.2 Å². The number of hydrogen-bond acceptors (Lipinski definition) is 5. The van der Waals surface area contributed by atoms with Crippen LogP contribution in [0.2, 0.25) is 0 Å². The molecule has 1 aliphatic carbocycles. The first-order chi connectivity index (χ1) is 18.8. The smallest absolute Gasteiger partial charge is 0.407 e. The first-order valence-corrected chi connectivity index (χ1v) is 13.8. The monoisotopic (exact) mass is 552 g/mol. The average Bonchev–Trinajstić information content (AvgIpc) is 2.91. The Labute approximate surface area is 238 Å². The predicted molar refractivity (Wildman–Crippen MR) is 157 cm³/mol. The van der Waals surface area contributed by atoms with Crippen LogP contribution in [0.1, 0.15) is 65.9 Å². The van der Waals surface area contributed by atoms with Crippen LogP contribution in [0.15, 0.2) is 53.3 Å². The van der Waals surface area contributed by atoms with Crippen molar-refractivity contribution in [3.8, 4) is 5.75 Å². The largest absolute Gasteiger partial charge is 0.496 e. The molecule has 9 heteroatoms. The Morgan fingerprint density at radius 3 is 2.45 bits per heavy atom. The Balaban J connectivity index is 1.64. The standard InChI is InChI=1S/C31H44N4O5/c1-9-19(2)25-18-35(29(37)34-27(25)21(4)17-32-30(38)40-31(5,6)7)24-14-11-22(12-15-24)28(36)33-23-13-10-20(3)26(16-23)39-8/h9-10,13,16,22,24H,1,11-12,14-15,17-18H2,2-8H3,(H,32,38)(H,33,36)(H,34,37)/b25-19-,27-21-. The number of anilines is 1. The van der Waals surface area contributed by atoms with Crippen LogP contribution < -0.4 is 20.7 Å². The Hall–Kier alpha value is -3.75. The van der Waals surface area contributed by atoms with Gasteiger partial charge in [-0.3, -0.25) is 4.79 Å². The highest BCUT2D eigenvalue weighted by atomic mass is 16.6. The molecule has 3 N–H and O–H groups in total. The highest BCUT2D eigenvalue weighted by Crippen LogP contribution is 2.33. The summed E-state index contributed by atoms with van der Waals surface area (Å²) in [6, 6.07) is 5.49. The van der Waals surface area contributed by atoms with Crippen molar-refractivity contribution in [2.75, 3.05) is 25.5 Å². The van der Waals surface area contributed by atoms with Crippen LogP contribution in [0, 0.1) is 12.8 Å². The fourth-order valence-corrected chi connectivity index (χ4v) is 5.08. The van der Waals surface area contributed by atoms with E-state index in [2.05, 4.69) is 22.5 Å². The third-order valence-electron chi connectivity index (χ3n) is 7.41. The fraction of sp³-hybridized carbons (Fsp3) is 0.516. The van der Waals surface area contributed by atoms with Crippen molar-refractivity contribution < 1.29 is 23.9 Å². The SMILES string of the molecule is C=C/C(C)=C1/CN(C2CCC(C(=O)Nc3ccc(C)c(OC)c3)CC2)C(=O)N/C1=C(/C)CNC(=O)OC(C)(C)C. The maximum absolute atomic E-state index is 13.3. The predicted octanol–water partition coefficient (Wildman–Crippen LogP) is 5.83. The first-order valence-electron chi connectivity index (χ1n) is 13.8. The average molecular weight is 553 g/mol. The van der Waals surface area contributed by atoms with Gasteiger partial charge in [0.15, 0.2) is 0 Å². The van der Waals surface area contributed by atoms with Crippen molar-refractivity contribution in [3.63, 3.8) is 0 Å². The maximum atomic E-state index is 13.3. The number of aryl methyl sites for hydroxylation is 1. The zero-order valence-electron chi connectivity index (χ0n) is 24.9. The second-order valence-corrected chi connectivity index (χ2v) is 11.6. The molecule has 1 saturated heterocycles. The third-order valence-corrected chi connectivity index (χ3v) is 7.41. The van der Waals surface area contributed by atoms with Crippen LogP contribution in [-0.4, -0.2) is 54.8 Å². The van der Waals surface area contributed by atoms with Gasteiger partial charge in [0.05, 0.1) is 13.7 Å². The minimum atomic E-state index is -0.594. The molecule has 40 heavy (non-hydrogen) atoms. The van der Waals surface area contributed by atoms with Crippen LogP contribution in [0.5, 0.6) is 5.75 Å². The number of carbonyl (C=O) groups excluding carboxylic acids is 3. The van der Waals surface area contributed by atoms with E-state index >= 15 is 0 Å². The van der Waals surface area contributed by atoms with E-state index in [4.69, 9.17) is 9.47 Å². The van der Waals surface area contributed by atoms with Crippen LogP contribution in [0.4, 0.5) is 15.3 Å². The summed E-state index contributed by atoms with van der Waals surface area (Å²) >= 11 is 0. The van der Waals surface area contributed by atoms with Crippen molar-refractivity contribution in [2.45, 2.75) is 78.9 Å². The number of ether oxygens (including phenoxy) is 2. The number of rotatable bonds is 7. The Morgan fingerprint density at radius 1 is 1.18 bits per heavy atom. The van der Waals surface area contributed by atoms with Gasteiger partial charge in [-0.1, -0.05) is 18.7 Å². The Bertz CT molecular complexity index is 1200. The number of nitrogens with zero attached hydrogens (tertiary/aromatic N) is 1. The number of amides is 4. The van der Waals surface area contributed by atoms with Gasteiger partial charge in [0.25, 0.3) is 0 Å². The summed E-state index contributed by atoms with van der Waals surface area (Å²) in [5.74, 6) is 0.618. The van der Waals surface area contributed by atoms with E-state index in [0.29, 0.717) is 25.1 Å². The molecule has 2 fully saturated rings. The topological polar surface area (TPSA) is 109 Å².